The Bertz CT molecular complexity index is 371. The highest BCUT2D eigenvalue weighted by Crippen LogP contribution is 2.19. The van der Waals surface area contributed by atoms with E-state index in [4.69, 9.17) is 4.74 Å². The number of pyridine rings is 1. The SMILES string of the molecule is CCOC(=O)c1cc(I)nc(C(F)F)c1. The van der Waals surface area contributed by atoms with E-state index in [-0.39, 0.29) is 12.2 Å². The zero-order valence-corrected chi connectivity index (χ0v) is 9.99. The van der Waals surface area contributed by atoms with Crippen LogP contribution in [-0.2, 0) is 4.74 Å². The van der Waals surface area contributed by atoms with Crippen molar-refractivity contribution in [3.05, 3.63) is 27.1 Å². The number of ether oxygens (including phenoxy) is 1. The molecular weight excluding hydrogens is 319 g/mol. The minimum atomic E-state index is -2.69. The van der Waals surface area contributed by atoms with Crippen LogP contribution in [0.15, 0.2) is 12.1 Å². The van der Waals surface area contributed by atoms with Crippen molar-refractivity contribution in [1.82, 2.24) is 4.98 Å². The average molecular weight is 327 g/mol. The van der Waals surface area contributed by atoms with Crippen LogP contribution in [0, 0.1) is 3.70 Å². The second kappa shape index (κ2) is 5.34. The van der Waals surface area contributed by atoms with Crippen LogP contribution < -0.4 is 0 Å². The van der Waals surface area contributed by atoms with Gasteiger partial charge in [0.15, 0.2) is 0 Å². The molecule has 0 bridgehead atoms. The smallest absolute Gasteiger partial charge is 0.338 e. The predicted octanol–water partition coefficient (Wildman–Crippen LogP) is 2.80. The van der Waals surface area contributed by atoms with E-state index in [0.717, 1.165) is 6.07 Å². The maximum Gasteiger partial charge on any atom is 0.338 e. The lowest BCUT2D eigenvalue weighted by Crippen LogP contribution is -2.07. The number of alkyl halides is 2. The van der Waals surface area contributed by atoms with Crippen LogP contribution in [0.3, 0.4) is 0 Å². The Morgan fingerprint density at radius 1 is 1.60 bits per heavy atom. The predicted molar refractivity (Wildman–Crippen MR) is 57.9 cm³/mol. The quantitative estimate of drug-likeness (QED) is 0.487. The van der Waals surface area contributed by atoms with Crippen LogP contribution in [0.2, 0.25) is 0 Å². The fourth-order valence-electron chi connectivity index (χ4n) is 0.961. The van der Waals surface area contributed by atoms with Gasteiger partial charge in [0.25, 0.3) is 6.43 Å². The van der Waals surface area contributed by atoms with Gasteiger partial charge in [-0.2, -0.15) is 0 Å². The van der Waals surface area contributed by atoms with Crippen LogP contribution in [0.5, 0.6) is 0 Å². The van der Waals surface area contributed by atoms with E-state index in [2.05, 4.69) is 4.98 Å². The molecule has 1 rings (SSSR count). The molecule has 0 radical (unpaired) electrons. The van der Waals surface area contributed by atoms with Crippen LogP contribution in [-0.4, -0.2) is 17.6 Å². The molecule has 0 saturated carbocycles. The summed E-state index contributed by atoms with van der Waals surface area (Å²) in [4.78, 5) is 14.9. The zero-order chi connectivity index (χ0) is 11.4. The molecule has 82 valence electrons. The molecule has 0 atom stereocenters. The lowest BCUT2D eigenvalue weighted by atomic mass is 10.2. The Balaban J connectivity index is 3.03. The molecule has 0 saturated heterocycles. The second-order valence-corrected chi connectivity index (χ2v) is 3.73. The highest BCUT2D eigenvalue weighted by Gasteiger charge is 2.15. The van der Waals surface area contributed by atoms with Gasteiger partial charge in [-0.1, -0.05) is 0 Å². The van der Waals surface area contributed by atoms with Crippen molar-refractivity contribution in [1.29, 1.82) is 0 Å². The molecule has 0 aliphatic rings. The Kier molecular flexibility index (Phi) is 4.37. The molecule has 0 N–H and O–H groups in total. The third kappa shape index (κ3) is 3.37. The van der Waals surface area contributed by atoms with Crippen molar-refractivity contribution >= 4 is 28.6 Å². The minimum absolute atomic E-state index is 0.103. The van der Waals surface area contributed by atoms with Crippen molar-refractivity contribution < 1.29 is 18.3 Å². The fraction of sp³-hybridized carbons (Fsp3) is 0.333. The molecule has 0 aliphatic carbocycles. The average Bonchev–Trinajstić information content (AvgIpc) is 2.17. The highest BCUT2D eigenvalue weighted by atomic mass is 127. The van der Waals surface area contributed by atoms with E-state index in [0.29, 0.717) is 3.70 Å². The topological polar surface area (TPSA) is 39.2 Å². The van der Waals surface area contributed by atoms with Crippen molar-refractivity contribution in [2.45, 2.75) is 13.3 Å². The molecule has 6 heteroatoms. The summed E-state index contributed by atoms with van der Waals surface area (Å²) in [5.41, 5.74) is -0.309. The number of hydrogen-bond acceptors (Lipinski definition) is 3. The molecule has 3 nitrogen and oxygen atoms in total. The van der Waals surface area contributed by atoms with E-state index < -0.39 is 18.1 Å². The van der Waals surface area contributed by atoms with Crippen LogP contribution >= 0.6 is 22.6 Å². The summed E-state index contributed by atoms with van der Waals surface area (Å²) in [5, 5.41) is 0. The first-order valence-corrected chi connectivity index (χ1v) is 5.25. The first-order valence-electron chi connectivity index (χ1n) is 4.17. The van der Waals surface area contributed by atoms with Crippen LogP contribution in [0.1, 0.15) is 29.4 Å². The second-order valence-electron chi connectivity index (χ2n) is 2.62. The molecule has 1 heterocycles. The van der Waals surface area contributed by atoms with E-state index >= 15 is 0 Å². The first-order chi connectivity index (χ1) is 7.04. The van der Waals surface area contributed by atoms with Crippen LogP contribution in [0.25, 0.3) is 0 Å². The standard InChI is InChI=1S/C9H8F2INO2/c1-2-15-9(14)5-3-6(8(10)11)13-7(12)4-5/h3-4,8H,2H2,1H3. The number of aromatic nitrogens is 1. The van der Waals surface area contributed by atoms with Gasteiger partial charge in [0.1, 0.15) is 9.39 Å². The summed E-state index contributed by atoms with van der Waals surface area (Å²) >= 11 is 1.77. The number of carbonyl (C=O) groups is 1. The number of esters is 1. The van der Waals surface area contributed by atoms with Crippen molar-refractivity contribution in [2.24, 2.45) is 0 Å². The fourth-order valence-corrected chi connectivity index (χ4v) is 1.58. The van der Waals surface area contributed by atoms with Crippen molar-refractivity contribution in [3.8, 4) is 0 Å². The molecule has 0 spiro atoms. The Morgan fingerprint density at radius 2 is 2.27 bits per heavy atom. The first kappa shape index (κ1) is 12.3. The van der Waals surface area contributed by atoms with E-state index in [1.165, 1.54) is 6.07 Å². The van der Waals surface area contributed by atoms with E-state index in [1.54, 1.807) is 29.5 Å². The zero-order valence-electron chi connectivity index (χ0n) is 7.84. The normalized spacial score (nSPS) is 10.5. The third-order valence-corrected chi connectivity index (χ3v) is 2.10. The summed E-state index contributed by atoms with van der Waals surface area (Å²) in [6.45, 7) is 1.86. The van der Waals surface area contributed by atoms with Gasteiger partial charge in [-0.3, -0.25) is 0 Å². The number of halogens is 3. The Hall–Kier alpha value is -0.790. The summed E-state index contributed by atoms with van der Waals surface area (Å²) in [6.07, 6.45) is -2.69. The number of nitrogens with zero attached hydrogens (tertiary/aromatic N) is 1. The third-order valence-electron chi connectivity index (χ3n) is 1.55. The van der Waals surface area contributed by atoms with Crippen LogP contribution in [0.4, 0.5) is 8.78 Å². The van der Waals surface area contributed by atoms with Gasteiger partial charge < -0.3 is 4.74 Å². The Morgan fingerprint density at radius 3 is 2.80 bits per heavy atom. The van der Waals surface area contributed by atoms with Gasteiger partial charge in [-0.05, 0) is 41.6 Å². The van der Waals surface area contributed by atoms with E-state index in [9.17, 15) is 13.6 Å². The molecule has 0 unspecified atom stereocenters. The van der Waals surface area contributed by atoms with Gasteiger partial charge >= 0.3 is 5.97 Å². The van der Waals surface area contributed by atoms with Gasteiger partial charge in [0.2, 0.25) is 0 Å². The summed E-state index contributed by atoms with van der Waals surface area (Å²) in [5.74, 6) is -0.611. The lowest BCUT2D eigenvalue weighted by Gasteiger charge is -2.04. The molecule has 15 heavy (non-hydrogen) atoms. The summed E-state index contributed by atoms with van der Waals surface area (Å²) in [6, 6.07) is 2.45. The molecule has 0 aliphatic heterocycles. The number of carbonyl (C=O) groups excluding carboxylic acids is 1. The summed E-state index contributed by atoms with van der Waals surface area (Å²) in [7, 11) is 0. The van der Waals surface area contributed by atoms with Gasteiger partial charge in [0.05, 0.1) is 12.2 Å². The number of rotatable bonds is 3. The van der Waals surface area contributed by atoms with E-state index in [1.807, 2.05) is 0 Å². The summed E-state index contributed by atoms with van der Waals surface area (Å²) < 4.78 is 29.8. The monoisotopic (exact) mass is 327 g/mol. The van der Waals surface area contributed by atoms with Gasteiger partial charge in [0, 0.05) is 0 Å². The lowest BCUT2D eigenvalue weighted by molar-refractivity contribution is 0.0525. The minimum Gasteiger partial charge on any atom is -0.462 e. The van der Waals surface area contributed by atoms with Crippen molar-refractivity contribution in [2.75, 3.05) is 6.61 Å². The molecule has 0 fully saturated rings. The van der Waals surface area contributed by atoms with Gasteiger partial charge in [-0.15, -0.1) is 0 Å². The maximum absolute atomic E-state index is 12.4. The van der Waals surface area contributed by atoms with Crippen molar-refractivity contribution in [3.63, 3.8) is 0 Å². The maximum atomic E-state index is 12.4. The number of hydrogen-bond donors (Lipinski definition) is 0. The highest BCUT2D eigenvalue weighted by molar-refractivity contribution is 14.1. The molecule has 0 aromatic carbocycles. The Labute approximate surface area is 99.0 Å². The molecular formula is C9H8F2INO2. The molecule has 1 aromatic heterocycles. The molecule has 1 aromatic rings. The van der Waals surface area contributed by atoms with Gasteiger partial charge in [-0.25, -0.2) is 18.6 Å². The molecule has 0 amide bonds. The largest absolute Gasteiger partial charge is 0.462 e.